The summed E-state index contributed by atoms with van der Waals surface area (Å²) < 4.78 is 5.36. The van der Waals surface area contributed by atoms with Gasteiger partial charge in [0.05, 0.1) is 13.7 Å². The zero-order valence-corrected chi connectivity index (χ0v) is 13.2. The molecule has 0 saturated carbocycles. The zero-order chi connectivity index (χ0) is 15.2. The zero-order valence-electron chi connectivity index (χ0n) is 12.4. The van der Waals surface area contributed by atoms with Crippen molar-refractivity contribution in [2.75, 3.05) is 26.0 Å². The molecule has 0 atom stereocenters. The summed E-state index contributed by atoms with van der Waals surface area (Å²) in [6.45, 7) is 2.99. The Kier molecular flexibility index (Phi) is 5.30. The van der Waals surface area contributed by atoms with E-state index in [4.69, 9.17) is 4.74 Å². The van der Waals surface area contributed by atoms with Gasteiger partial charge in [0.15, 0.2) is 5.13 Å². The molecule has 5 nitrogen and oxygen atoms in total. The number of thiazole rings is 1. The van der Waals surface area contributed by atoms with Crippen LogP contribution in [0.1, 0.15) is 11.1 Å². The van der Waals surface area contributed by atoms with Crippen molar-refractivity contribution in [1.82, 2.24) is 9.88 Å². The summed E-state index contributed by atoms with van der Waals surface area (Å²) in [4.78, 5) is 17.9. The standard InChI is InChI=1S/C15H19N3O2S/c1-11-4-5-13(20-3)12(8-11)9-18(2)10-14(19)17-15-16-6-7-21-15/h4-8H,9-10H2,1-3H3,(H,16,17,19). The van der Waals surface area contributed by atoms with Crippen LogP contribution in [0.3, 0.4) is 0 Å². The van der Waals surface area contributed by atoms with Crippen LogP contribution in [-0.2, 0) is 11.3 Å². The Hall–Kier alpha value is -1.92. The van der Waals surface area contributed by atoms with Crippen LogP contribution in [0.2, 0.25) is 0 Å². The highest BCUT2D eigenvalue weighted by Crippen LogP contribution is 2.21. The number of aryl methyl sites for hydroxylation is 1. The summed E-state index contributed by atoms with van der Waals surface area (Å²) in [6, 6.07) is 6.04. The van der Waals surface area contributed by atoms with Crippen molar-refractivity contribution in [3.63, 3.8) is 0 Å². The van der Waals surface area contributed by atoms with Gasteiger partial charge in [-0.25, -0.2) is 4.98 Å². The van der Waals surface area contributed by atoms with Crippen molar-refractivity contribution in [3.05, 3.63) is 40.9 Å². The molecular formula is C15H19N3O2S. The average molecular weight is 305 g/mol. The van der Waals surface area contributed by atoms with Gasteiger partial charge in [0.1, 0.15) is 5.75 Å². The number of amides is 1. The lowest BCUT2D eigenvalue weighted by molar-refractivity contribution is -0.117. The largest absolute Gasteiger partial charge is 0.496 e. The number of nitrogens with one attached hydrogen (secondary N) is 1. The topological polar surface area (TPSA) is 54.5 Å². The van der Waals surface area contributed by atoms with Gasteiger partial charge in [-0.15, -0.1) is 11.3 Å². The van der Waals surface area contributed by atoms with Crippen molar-refractivity contribution in [3.8, 4) is 5.75 Å². The van der Waals surface area contributed by atoms with Crippen LogP contribution >= 0.6 is 11.3 Å². The van der Waals surface area contributed by atoms with Crippen LogP contribution in [0, 0.1) is 6.92 Å². The summed E-state index contributed by atoms with van der Waals surface area (Å²) >= 11 is 1.41. The summed E-state index contributed by atoms with van der Waals surface area (Å²) in [7, 11) is 3.56. The number of carbonyl (C=O) groups excluding carboxylic acids is 1. The summed E-state index contributed by atoms with van der Waals surface area (Å²) in [5.74, 6) is 0.770. The lowest BCUT2D eigenvalue weighted by Gasteiger charge is -2.18. The van der Waals surface area contributed by atoms with Crippen LogP contribution in [0.25, 0.3) is 0 Å². The quantitative estimate of drug-likeness (QED) is 0.891. The molecule has 0 aliphatic rings. The van der Waals surface area contributed by atoms with Crippen molar-refractivity contribution in [2.24, 2.45) is 0 Å². The van der Waals surface area contributed by atoms with Crippen LogP contribution in [-0.4, -0.2) is 36.5 Å². The Balaban J connectivity index is 1.93. The third kappa shape index (κ3) is 4.54. The fraction of sp³-hybridized carbons (Fsp3) is 0.333. The Labute approximate surface area is 128 Å². The molecule has 2 rings (SSSR count). The number of methoxy groups -OCH3 is 1. The van der Waals surface area contributed by atoms with E-state index in [-0.39, 0.29) is 5.91 Å². The SMILES string of the molecule is COc1ccc(C)cc1CN(C)CC(=O)Nc1nccs1. The van der Waals surface area contributed by atoms with Gasteiger partial charge in [0.2, 0.25) is 5.91 Å². The van der Waals surface area contributed by atoms with E-state index >= 15 is 0 Å². The van der Waals surface area contributed by atoms with E-state index in [1.165, 1.54) is 16.9 Å². The minimum atomic E-state index is -0.0703. The van der Waals surface area contributed by atoms with Crippen LogP contribution in [0.5, 0.6) is 5.75 Å². The number of likely N-dealkylation sites (N-methyl/N-ethyl adjacent to an activating group) is 1. The second kappa shape index (κ2) is 7.19. The first-order valence-corrected chi connectivity index (χ1v) is 7.48. The van der Waals surface area contributed by atoms with Gasteiger partial charge in [0, 0.05) is 23.7 Å². The monoisotopic (exact) mass is 305 g/mol. The van der Waals surface area contributed by atoms with Gasteiger partial charge in [-0.2, -0.15) is 0 Å². The molecule has 1 aromatic heterocycles. The number of benzene rings is 1. The highest BCUT2D eigenvalue weighted by atomic mass is 32.1. The molecule has 0 aliphatic heterocycles. The first-order valence-electron chi connectivity index (χ1n) is 6.60. The summed E-state index contributed by atoms with van der Waals surface area (Å²) in [6.07, 6.45) is 1.67. The van der Waals surface area contributed by atoms with E-state index in [2.05, 4.69) is 16.4 Å². The third-order valence-corrected chi connectivity index (χ3v) is 3.66. The molecule has 21 heavy (non-hydrogen) atoms. The fourth-order valence-corrected chi connectivity index (χ4v) is 2.61. The number of carbonyl (C=O) groups is 1. The lowest BCUT2D eigenvalue weighted by atomic mass is 10.1. The number of anilines is 1. The third-order valence-electron chi connectivity index (χ3n) is 2.97. The van der Waals surface area contributed by atoms with Gasteiger partial charge < -0.3 is 10.1 Å². The number of hydrogen-bond acceptors (Lipinski definition) is 5. The van der Waals surface area contributed by atoms with E-state index in [9.17, 15) is 4.79 Å². The van der Waals surface area contributed by atoms with Crippen LogP contribution < -0.4 is 10.1 Å². The minimum Gasteiger partial charge on any atom is -0.496 e. The number of nitrogens with zero attached hydrogens (tertiary/aromatic N) is 2. The van der Waals surface area contributed by atoms with E-state index in [1.807, 2.05) is 36.4 Å². The van der Waals surface area contributed by atoms with E-state index in [0.717, 1.165) is 11.3 Å². The Morgan fingerprint density at radius 3 is 2.95 bits per heavy atom. The van der Waals surface area contributed by atoms with E-state index in [0.29, 0.717) is 18.2 Å². The molecule has 0 bridgehead atoms. The maximum absolute atomic E-state index is 11.9. The number of rotatable bonds is 6. The molecular weight excluding hydrogens is 286 g/mol. The van der Waals surface area contributed by atoms with Crippen molar-refractivity contribution in [1.29, 1.82) is 0 Å². The molecule has 0 spiro atoms. The van der Waals surface area contributed by atoms with Gasteiger partial charge in [-0.1, -0.05) is 17.7 Å². The molecule has 0 saturated heterocycles. The van der Waals surface area contributed by atoms with Gasteiger partial charge in [-0.3, -0.25) is 9.69 Å². The lowest BCUT2D eigenvalue weighted by Crippen LogP contribution is -2.29. The Bertz CT molecular complexity index is 599. The van der Waals surface area contributed by atoms with Crippen LogP contribution in [0.15, 0.2) is 29.8 Å². The minimum absolute atomic E-state index is 0.0703. The van der Waals surface area contributed by atoms with Gasteiger partial charge >= 0.3 is 0 Å². The highest BCUT2D eigenvalue weighted by Gasteiger charge is 2.11. The predicted molar refractivity (Wildman–Crippen MR) is 84.8 cm³/mol. The average Bonchev–Trinajstić information content (AvgIpc) is 2.91. The molecule has 0 unspecified atom stereocenters. The van der Waals surface area contributed by atoms with E-state index < -0.39 is 0 Å². The molecule has 0 radical (unpaired) electrons. The summed E-state index contributed by atoms with van der Waals surface area (Å²) in [5, 5.41) is 5.23. The summed E-state index contributed by atoms with van der Waals surface area (Å²) in [5.41, 5.74) is 2.24. The maximum Gasteiger partial charge on any atom is 0.240 e. The number of hydrogen-bond donors (Lipinski definition) is 1. The maximum atomic E-state index is 11.9. The molecule has 112 valence electrons. The van der Waals surface area contributed by atoms with Crippen molar-refractivity contribution >= 4 is 22.4 Å². The normalized spacial score (nSPS) is 10.7. The van der Waals surface area contributed by atoms with Gasteiger partial charge in [-0.05, 0) is 20.0 Å². The van der Waals surface area contributed by atoms with E-state index in [1.54, 1.807) is 13.3 Å². The second-order valence-electron chi connectivity index (χ2n) is 4.87. The molecule has 0 fully saturated rings. The molecule has 1 heterocycles. The molecule has 1 amide bonds. The van der Waals surface area contributed by atoms with Crippen molar-refractivity contribution in [2.45, 2.75) is 13.5 Å². The molecule has 0 aliphatic carbocycles. The van der Waals surface area contributed by atoms with Crippen molar-refractivity contribution < 1.29 is 9.53 Å². The predicted octanol–water partition coefficient (Wildman–Crippen LogP) is 2.53. The van der Waals surface area contributed by atoms with Crippen LogP contribution in [0.4, 0.5) is 5.13 Å². The highest BCUT2D eigenvalue weighted by molar-refractivity contribution is 7.13. The Morgan fingerprint density at radius 2 is 2.29 bits per heavy atom. The first kappa shape index (κ1) is 15.5. The fourth-order valence-electron chi connectivity index (χ4n) is 2.07. The molecule has 6 heteroatoms. The smallest absolute Gasteiger partial charge is 0.240 e. The first-order chi connectivity index (χ1) is 10.1. The number of aromatic nitrogens is 1. The molecule has 1 aromatic carbocycles. The Morgan fingerprint density at radius 1 is 1.48 bits per heavy atom. The number of ether oxygens (including phenoxy) is 1. The molecule has 1 N–H and O–H groups in total. The van der Waals surface area contributed by atoms with Gasteiger partial charge in [0.25, 0.3) is 0 Å². The second-order valence-corrected chi connectivity index (χ2v) is 5.77. The molecule has 2 aromatic rings.